The number of hydrogen-bond donors (Lipinski definition) is 2. The van der Waals surface area contributed by atoms with E-state index in [-0.39, 0.29) is 24.4 Å². The third kappa shape index (κ3) is 4.94. The van der Waals surface area contributed by atoms with E-state index in [1.54, 1.807) is 6.07 Å². The van der Waals surface area contributed by atoms with Gasteiger partial charge in [0.25, 0.3) is 0 Å². The first-order valence-electron chi connectivity index (χ1n) is 6.58. The fraction of sp³-hybridized carbons (Fsp3) is 0.500. The molecule has 4 nitrogen and oxygen atoms in total. The quantitative estimate of drug-likeness (QED) is 0.900. The number of carbonyl (C=O) groups is 1. The Morgan fingerprint density at radius 1 is 1.55 bits per heavy atom. The van der Waals surface area contributed by atoms with Crippen molar-refractivity contribution < 1.29 is 4.79 Å². The summed E-state index contributed by atoms with van der Waals surface area (Å²) < 4.78 is 0. The van der Waals surface area contributed by atoms with Gasteiger partial charge in [-0.1, -0.05) is 11.6 Å². The molecule has 1 fully saturated rings. The zero-order valence-electron chi connectivity index (χ0n) is 11.6. The lowest BCUT2D eigenvalue weighted by Crippen LogP contribution is -2.45. The molecule has 0 spiro atoms. The molecule has 1 heterocycles. The highest BCUT2D eigenvalue weighted by Crippen LogP contribution is 2.19. The molecule has 0 saturated carbocycles. The molecule has 1 amide bonds. The fourth-order valence-corrected chi connectivity index (χ4v) is 2.62. The number of hydrogen-bond acceptors (Lipinski definition) is 3. The molecule has 1 aliphatic rings. The van der Waals surface area contributed by atoms with Crippen LogP contribution in [0.3, 0.4) is 0 Å². The summed E-state index contributed by atoms with van der Waals surface area (Å²) in [5, 5.41) is 3.60. The minimum Gasteiger partial charge on any atom is -0.327 e. The molecule has 0 unspecified atom stereocenters. The van der Waals surface area contributed by atoms with Crippen LogP contribution >= 0.6 is 24.0 Å². The molecule has 1 aliphatic heterocycles. The van der Waals surface area contributed by atoms with Crippen molar-refractivity contribution in [3.63, 3.8) is 0 Å². The minimum absolute atomic E-state index is 0. The van der Waals surface area contributed by atoms with Crippen molar-refractivity contribution in [1.29, 1.82) is 0 Å². The lowest BCUT2D eigenvalue weighted by Gasteiger charge is -2.30. The van der Waals surface area contributed by atoms with Gasteiger partial charge in [0.05, 0.1) is 6.54 Å². The van der Waals surface area contributed by atoms with Gasteiger partial charge in [-0.3, -0.25) is 9.69 Å². The summed E-state index contributed by atoms with van der Waals surface area (Å²) in [6.45, 7) is 4.07. The third-order valence-electron chi connectivity index (χ3n) is 3.37. The number of piperidine rings is 1. The van der Waals surface area contributed by atoms with Crippen molar-refractivity contribution in [2.24, 2.45) is 5.73 Å². The molecule has 0 bridgehead atoms. The summed E-state index contributed by atoms with van der Waals surface area (Å²) in [6, 6.07) is 5.64. The predicted molar refractivity (Wildman–Crippen MR) is 85.7 cm³/mol. The average Bonchev–Trinajstić information content (AvgIpc) is 2.33. The summed E-state index contributed by atoms with van der Waals surface area (Å²) in [5.74, 6) is -0.000442. The molecule has 0 aromatic heterocycles. The van der Waals surface area contributed by atoms with E-state index in [1.165, 1.54) is 0 Å². The first-order chi connectivity index (χ1) is 9.04. The Hall–Kier alpha value is -0.810. The van der Waals surface area contributed by atoms with Gasteiger partial charge in [-0.25, -0.2) is 0 Å². The number of halogens is 2. The van der Waals surface area contributed by atoms with E-state index in [9.17, 15) is 4.79 Å². The Balaban J connectivity index is 0.00000200. The van der Waals surface area contributed by atoms with Crippen molar-refractivity contribution in [3.05, 3.63) is 28.8 Å². The molecular formula is C14H21Cl2N3O. The van der Waals surface area contributed by atoms with Crippen LogP contribution in [0.15, 0.2) is 18.2 Å². The van der Waals surface area contributed by atoms with Crippen LogP contribution < -0.4 is 11.1 Å². The zero-order chi connectivity index (χ0) is 13.8. The highest BCUT2D eigenvalue weighted by atomic mass is 35.5. The summed E-state index contributed by atoms with van der Waals surface area (Å²) in [5.41, 5.74) is 7.69. The van der Waals surface area contributed by atoms with Crippen LogP contribution in [0.5, 0.6) is 0 Å². The van der Waals surface area contributed by atoms with Crippen LogP contribution in [-0.4, -0.2) is 36.5 Å². The maximum Gasteiger partial charge on any atom is 0.238 e. The van der Waals surface area contributed by atoms with Gasteiger partial charge >= 0.3 is 0 Å². The van der Waals surface area contributed by atoms with Crippen LogP contribution in [0, 0.1) is 6.92 Å². The molecule has 1 aromatic rings. The van der Waals surface area contributed by atoms with E-state index in [4.69, 9.17) is 17.3 Å². The highest BCUT2D eigenvalue weighted by Gasteiger charge is 2.18. The summed E-state index contributed by atoms with van der Waals surface area (Å²) in [4.78, 5) is 14.1. The molecule has 0 aliphatic carbocycles. The number of nitrogens with zero attached hydrogens (tertiary/aromatic N) is 1. The minimum atomic E-state index is -0.000442. The molecule has 20 heavy (non-hydrogen) atoms. The fourth-order valence-electron chi connectivity index (χ4n) is 2.40. The molecule has 1 atom stereocenters. The second kappa shape index (κ2) is 7.84. The van der Waals surface area contributed by atoms with E-state index in [1.807, 2.05) is 19.1 Å². The largest absolute Gasteiger partial charge is 0.327 e. The Morgan fingerprint density at radius 3 is 2.95 bits per heavy atom. The third-order valence-corrected chi connectivity index (χ3v) is 3.61. The number of amides is 1. The number of benzene rings is 1. The van der Waals surface area contributed by atoms with E-state index >= 15 is 0 Å². The first kappa shape index (κ1) is 17.2. The normalized spacial score (nSPS) is 19.2. The average molecular weight is 318 g/mol. The summed E-state index contributed by atoms with van der Waals surface area (Å²) in [6.07, 6.45) is 2.11. The second-order valence-corrected chi connectivity index (χ2v) is 5.58. The molecule has 1 saturated heterocycles. The van der Waals surface area contributed by atoms with Gasteiger partial charge in [0.1, 0.15) is 0 Å². The number of aryl methyl sites for hydroxylation is 1. The van der Waals surface area contributed by atoms with Gasteiger partial charge in [-0.15, -0.1) is 12.4 Å². The lowest BCUT2D eigenvalue weighted by molar-refractivity contribution is -0.117. The monoisotopic (exact) mass is 317 g/mol. The van der Waals surface area contributed by atoms with Crippen molar-refractivity contribution >= 4 is 35.6 Å². The van der Waals surface area contributed by atoms with Gasteiger partial charge < -0.3 is 11.1 Å². The van der Waals surface area contributed by atoms with E-state index in [0.29, 0.717) is 11.6 Å². The van der Waals surface area contributed by atoms with Crippen LogP contribution in [0.4, 0.5) is 5.69 Å². The van der Waals surface area contributed by atoms with Crippen molar-refractivity contribution in [2.45, 2.75) is 25.8 Å². The van der Waals surface area contributed by atoms with Crippen LogP contribution in [-0.2, 0) is 4.79 Å². The molecule has 3 N–H and O–H groups in total. The molecular weight excluding hydrogens is 297 g/mol. The first-order valence-corrected chi connectivity index (χ1v) is 6.96. The van der Waals surface area contributed by atoms with Gasteiger partial charge in [0.2, 0.25) is 5.91 Å². The van der Waals surface area contributed by atoms with Gasteiger partial charge in [0, 0.05) is 23.3 Å². The summed E-state index contributed by atoms with van der Waals surface area (Å²) >= 11 is 5.89. The topological polar surface area (TPSA) is 58.4 Å². The van der Waals surface area contributed by atoms with Crippen LogP contribution in [0.25, 0.3) is 0 Å². The molecule has 112 valence electrons. The standard InChI is InChI=1S/C14H20ClN3O.ClH/c1-10-7-11(15)4-5-13(10)17-14(19)9-18-6-2-3-12(16)8-18;/h4-5,7,12H,2-3,6,8-9,16H2,1H3,(H,17,19);1H/t12-;/m1./s1. The van der Waals surface area contributed by atoms with Crippen molar-refractivity contribution in [1.82, 2.24) is 4.90 Å². The Kier molecular flexibility index (Phi) is 6.76. The maximum atomic E-state index is 12.0. The van der Waals surface area contributed by atoms with E-state index < -0.39 is 0 Å². The Morgan fingerprint density at radius 2 is 2.30 bits per heavy atom. The number of rotatable bonds is 3. The Bertz CT molecular complexity index is 468. The highest BCUT2D eigenvalue weighted by molar-refractivity contribution is 6.30. The van der Waals surface area contributed by atoms with E-state index in [0.717, 1.165) is 37.2 Å². The van der Waals surface area contributed by atoms with Gasteiger partial charge in [0.15, 0.2) is 0 Å². The number of anilines is 1. The molecule has 1 aromatic carbocycles. The number of nitrogens with two attached hydrogens (primary N) is 1. The van der Waals surface area contributed by atoms with Gasteiger partial charge in [-0.05, 0) is 50.1 Å². The van der Waals surface area contributed by atoms with Crippen molar-refractivity contribution in [2.75, 3.05) is 25.0 Å². The van der Waals surface area contributed by atoms with Crippen LogP contribution in [0.2, 0.25) is 5.02 Å². The SMILES string of the molecule is Cc1cc(Cl)ccc1NC(=O)CN1CCC[C@@H](N)C1.Cl. The Labute approximate surface area is 131 Å². The predicted octanol–water partition coefficient (Wildman–Crippen LogP) is 2.43. The van der Waals surface area contributed by atoms with E-state index in [2.05, 4.69) is 10.2 Å². The second-order valence-electron chi connectivity index (χ2n) is 5.14. The van der Waals surface area contributed by atoms with Gasteiger partial charge in [-0.2, -0.15) is 0 Å². The number of carbonyl (C=O) groups excluding carboxylic acids is 1. The smallest absolute Gasteiger partial charge is 0.238 e. The number of likely N-dealkylation sites (tertiary alicyclic amines) is 1. The van der Waals surface area contributed by atoms with Crippen molar-refractivity contribution in [3.8, 4) is 0 Å². The van der Waals surface area contributed by atoms with Crippen LogP contribution in [0.1, 0.15) is 18.4 Å². The zero-order valence-corrected chi connectivity index (χ0v) is 13.1. The molecule has 0 radical (unpaired) electrons. The molecule has 6 heteroatoms. The maximum absolute atomic E-state index is 12.0. The summed E-state index contributed by atoms with van der Waals surface area (Å²) in [7, 11) is 0. The number of nitrogens with one attached hydrogen (secondary N) is 1. The lowest BCUT2D eigenvalue weighted by atomic mass is 10.1. The molecule has 2 rings (SSSR count).